The van der Waals surface area contributed by atoms with E-state index < -0.39 is 0 Å². The Bertz CT molecular complexity index is 598. The minimum absolute atomic E-state index is 0.0737. The molecule has 0 saturated carbocycles. The van der Waals surface area contributed by atoms with E-state index >= 15 is 0 Å². The molecule has 1 aliphatic heterocycles. The van der Waals surface area contributed by atoms with Gasteiger partial charge in [-0.2, -0.15) is 0 Å². The molecule has 6 heteroatoms. The lowest BCUT2D eigenvalue weighted by molar-refractivity contribution is -0.144. The Morgan fingerprint density at radius 2 is 1.96 bits per heavy atom. The summed E-state index contributed by atoms with van der Waals surface area (Å²) < 4.78 is 4.79. The molecule has 1 saturated heterocycles. The van der Waals surface area contributed by atoms with Gasteiger partial charge in [0.2, 0.25) is 11.8 Å². The molecule has 1 aromatic rings. The summed E-state index contributed by atoms with van der Waals surface area (Å²) in [5, 5.41) is 2.80. The molecule has 0 aliphatic carbocycles. The third kappa shape index (κ3) is 5.08. The van der Waals surface area contributed by atoms with Crippen molar-refractivity contribution in [3.05, 3.63) is 29.8 Å². The molecule has 0 bridgehead atoms. The van der Waals surface area contributed by atoms with Crippen LogP contribution >= 0.6 is 0 Å². The van der Waals surface area contributed by atoms with Crippen LogP contribution in [0.4, 0.5) is 5.69 Å². The number of anilines is 1. The van der Waals surface area contributed by atoms with Gasteiger partial charge >= 0.3 is 5.97 Å². The second kappa shape index (κ2) is 8.47. The van der Waals surface area contributed by atoms with Crippen LogP contribution in [0.2, 0.25) is 0 Å². The quantitative estimate of drug-likeness (QED) is 0.773. The highest BCUT2D eigenvalue weighted by molar-refractivity contribution is 5.95. The van der Waals surface area contributed by atoms with Crippen molar-refractivity contribution in [2.24, 2.45) is 5.92 Å². The van der Waals surface area contributed by atoms with Crippen LogP contribution in [0.25, 0.3) is 0 Å². The first-order valence-corrected chi connectivity index (χ1v) is 8.29. The number of ether oxygens (including phenoxy) is 1. The van der Waals surface area contributed by atoms with Gasteiger partial charge in [-0.05, 0) is 26.0 Å². The monoisotopic (exact) mass is 332 g/mol. The molecule has 1 unspecified atom stereocenters. The first-order chi connectivity index (χ1) is 11.5. The number of aryl methyl sites for hydroxylation is 1. The molecule has 1 aromatic carbocycles. The van der Waals surface area contributed by atoms with Gasteiger partial charge in [0.25, 0.3) is 0 Å². The Hall–Kier alpha value is -2.37. The van der Waals surface area contributed by atoms with Crippen LogP contribution in [-0.4, -0.2) is 37.5 Å². The first-order valence-electron chi connectivity index (χ1n) is 8.29. The summed E-state index contributed by atoms with van der Waals surface area (Å²) >= 11 is 0. The van der Waals surface area contributed by atoms with Gasteiger partial charge in [-0.1, -0.05) is 17.7 Å². The van der Waals surface area contributed by atoms with Crippen LogP contribution in [0.3, 0.4) is 0 Å². The van der Waals surface area contributed by atoms with E-state index in [2.05, 4.69) is 5.32 Å². The number of rotatable bonds is 7. The van der Waals surface area contributed by atoms with Crippen molar-refractivity contribution in [1.82, 2.24) is 5.32 Å². The topological polar surface area (TPSA) is 75.7 Å². The third-order valence-corrected chi connectivity index (χ3v) is 4.00. The molecule has 0 aromatic heterocycles. The molecule has 1 heterocycles. The average Bonchev–Trinajstić information content (AvgIpc) is 2.93. The van der Waals surface area contributed by atoms with E-state index in [0.29, 0.717) is 26.1 Å². The van der Waals surface area contributed by atoms with E-state index in [1.165, 1.54) is 0 Å². The number of esters is 1. The van der Waals surface area contributed by atoms with Crippen molar-refractivity contribution < 1.29 is 19.1 Å². The second-order valence-corrected chi connectivity index (χ2v) is 6.02. The molecule has 24 heavy (non-hydrogen) atoms. The van der Waals surface area contributed by atoms with Crippen LogP contribution in [0.15, 0.2) is 24.3 Å². The van der Waals surface area contributed by atoms with Gasteiger partial charge in [-0.15, -0.1) is 0 Å². The number of hydrogen-bond donors (Lipinski definition) is 1. The third-order valence-electron chi connectivity index (χ3n) is 4.00. The lowest BCUT2D eigenvalue weighted by Crippen LogP contribution is -2.31. The predicted molar refractivity (Wildman–Crippen MR) is 90.5 cm³/mol. The lowest BCUT2D eigenvalue weighted by Gasteiger charge is -2.17. The Labute approximate surface area is 142 Å². The lowest BCUT2D eigenvalue weighted by atomic mass is 10.1. The van der Waals surface area contributed by atoms with Crippen molar-refractivity contribution in [3.63, 3.8) is 0 Å². The highest BCUT2D eigenvalue weighted by atomic mass is 16.5. The molecule has 0 spiro atoms. The maximum Gasteiger partial charge on any atom is 0.306 e. The van der Waals surface area contributed by atoms with Crippen LogP contribution in [0.5, 0.6) is 0 Å². The summed E-state index contributed by atoms with van der Waals surface area (Å²) in [5.74, 6) is -0.395. The molecule has 1 N–H and O–H groups in total. The highest BCUT2D eigenvalue weighted by Gasteiger charge is 2.30. The van der Waals surface area contributed by atoms with E-state index in [4.69, 9.17) is 4.74 Å². The Kier molecular flexibility index (Phi) is 6.35. The van der Waals surface area contributed by atoms with Crippen LogP contribution in [0, 0.1) is 12.8 Å². The summed E-state index contributed by atoms with van der Waals surface area (Å²) in [6.45, 7) is 5.09. The predicted octanol–water partition coefficient (Wildman–Crippen LogP) is 1.81. The van der Waals surface area contributed by atoms with Crippen molar-refractivity contribution in [1.29, 1.82) is 0 Å². The fourth-order valence-corrected chi connectivity index (χ4v) is 2.69. The Morgan fingerprint density at radius 1 is 1.25 bits per heavy atom. The fraction of sp³-hybridized carbons (Fsp3) is 0.500. The summed E-state index contributed by atoms with van der Waals surface area (Å²) in [7, 11) is 0. The van der Waals surface area contributed by atoms with Crippen molar-refractivity contribution in [3.8, 4) is 0 Å². The molecule has 130 valence electrons. The molecule has 6 nitrogen and oxygen atoms in total. The zero-order chi connectivity index (χ0) is 17.5. The minimum Gasteiger partial charge on any atom is -0.466 e. The number of benzene rings is 1. The molecule has 1 fully saturated rings. The normalized spacial score (nSPS) is 17.0. The number of carbonyl (C=O) groups is 3. The van der Waals surface area contributed by atoms with Gasteiger partial charge < -0.3 is 15.0 Å². The van der Waals surface area contributed by atoms with Crippen LogP contribution in [0.1, 0.15) is 31.7 Å². The number of hydrogen-bond acceptors (Lipinski definition) is 4. The minimum atomic E-state index is -0.366. The summed E-state index contributed by atoms with van der Waals surface area (Å²) in [6, 6.07) is 7.83. The number of nitrogens with one attached hydrogen (secondary N) is 1. The standard InChI is InChI=1S/C18H24N2O4/c1-3-24-18(23)9-8-16(21)19-11-14-10-17(22)20(12-14)15-6-4-13(2)5-7-15/h4-7,14H,3,8-12H2,1-2H3,(H,19,21). The van der Waals surface area contributed by atoms with E-state index in [0.717, 1.165) is 11.3 Å². The molecule has 1 aliphatic rings. The Morgan fingerprint density at radius 3 is 2.62 bits per heavy atom. The largest absolute Gasteiger partial charge is 0.466 e. The van der Waals surface area contributed by atoms with Crippen molar-refractivity contribution in [2.45, 2.75) is 33.1 Å². The molecule has 1 atom stereocenters. The van der Waals surface area contributed by atoms with E-state index in [1.54, 1.807) is 11.8 Å². The number of nitrogens with zero attached hydrogens (tertiary/aromatic N) is 1. The Balaban J connectivity index is 1.76. The SMILES string of the molecule is CCOC(=O)CCC(=O)NCC1CC(=O)N(c2ccc(C)cc2)C1. The maximum absolute atomic E-state index is 12.2. The van der Waals surface area contributed by atoms with Crippen molar-refractivity contribution in [2.75, 3.05) is 24.6 Å². The smallest absolute Gasteiger partial charge is 0.306 e. The zero-order valence-corrected chi connectivity index (χ0v) is 14.2. The van der Waals surface area contributed by atoms with Gasteiger partial charge in [-0.25, -0.2) is 0 Å². The van der Waals surface area contributed by atoms with Crippen LogP contribution in [-0.2, 0) is 19.1 Å². The molecule has 0 radical (unpaired) electrons. The van der Waals surface area contributed by atoms with E-state index in [1.807, 2.05) is 31.2 Å². The van der Waals surface area contributed by atoms with E-state index in [-0.39, 0.29) is 36.5 Å². The zero-order valence-electron chi connectivity index (χ0n) is 14.2. The van der Waals surface area contributed by atoms with Gasteiger partial charge in [-0.3, -0.25) is 14.4 Å². The highest BCUT2D eigenvalue weighted by Crippen LogP contribution is 2.24. The molecular formula is C18H24N2O4. The molecular weight excluding hydrogens is 308 g/mol. The molecule has 2 amide bonds. The summed E-state index contributed by atoms with van der Waals surface area (Å²) in [5.41, 5.74) is 2.04. The van der Waals surface area contributed by atoms with Crippen molar-refractivity contribution >= 4 is 23.5 Å². The number of carbonyl (C=O) groups excluding carboxylic acids is 3. The van der Waals surface area contributed by atoms with E-state index in [9.17, 15) is 14.4 Å². The second-order valence-electron chi connectivity index (χ2n) is 6.02. The van der Waals surface area contributed by atoms with Gasteiger partial charge in [0.15, 0.2) is 0 Å². The maximum atomic E-state index is 12.2. The van der Waals surface area contributed by atoms with Gasteiger partial charge in [0, 0.05) is 37.5 Å². The number of amides is 2. The first kappa shape index (κ1) is 18.0. The molecule has 2 rings (SSSR count). The summed E-state index contributed by atoms with van der Waals surface area (Å²) in [6.07, 6.45) is 0.617. The summed E-state index contributed by atoms with van der Waals surface area (Å²) in [4.78, 5) is 36.9. The van der Waals surface area contributed by atoms with Crippen LogP contribution < -0.4 is 10.2 Å². The fourth-order valence-electron chi connectivity index (χ4n) is 2.69. The van der Waals surface area contributed by atoms with Gasteiger partial charge in [0.05, 0.1) is 13.0 Å². The van der Waals surface area contributed by atoms with Gasteiger partial charge in [0.1, 0.15) is 0 Å². The average molecular weight is 332 g/mol.